The van der Waals surface area contributed by atoms with E-state index in [9.17, 15) is 4.79 Å². The number of nitrogens with zero attached hydrogens (tertiary/aromatic N) is 3. The van der Waals surface area contributed by atoms with Gasteiger partial charge in [-0.3, -0.25) is 4.57 Å². The molecular formula is C21H15N3O. The third-order valence-electron chi connectivity index (χ3n) is 4.60. The van der Waals surface area contributed by atoms with Gasteiger partial charge in [0.05, 0.1) is 23.1 Å². The van der Waals surface area contributed by atoms with Crippen molar-refractivity contribution in [2.45, 2.75) is 6.54 Å². The van der Waals surface area contributed by atoms with Crippen molar-refractivity contribution in [2.75, 3.05) is 0 Å². The van der Waals surface area contributed by atoms with Crippen molar-refractivity contribution in [1.29, 1.82) is 0 Å². The summed E-state index contributed by atoms with van der Waals surface area (Å²) in [7, 11) is 0. The van der Waals surface area contributed by atoms with Gasteiger partial charge < -0.3 is 0 Å². The van der Waals surface area contributed by atoms with Gasteiger partial charge in [0.15, 0.2) is 5.65 Å². The first-order chi connectivity index (χ1) is 12.3. The Bertz CT molecular complexity index is 1280. The third kappa shape index (κ3) is 2.08. The lowest BCUT2D eigenvalue weighted by Gasteiger charge is -2.12. The summed E-state index contributed by atoms with van der Waals surface area (Å²) in [4.78, 5) is 18.0. The maximum Gasteiger partial charge on any atom is 0.335 e. The fraction of sp³-hybridized carbons (Fsp3) is 0.0476. The molecule has 25 heavy (non-hydrogen) atoms. The van der Waals surface area contributed by atoms with Crippen molar-refractivity contribution >= 4 is 27.6 Å². The molecule has 0 bridgehead atoms. The SMILES string of the molecule is O=c1n(Cc2ccccc2)c2ccccc2c2nc3ccccc3n12. The van der Waals surface area contributed by atoms with Gasteiger partial charge in [0.1, 0.15) is 0 Å². The van der Waals surface area contributed by atoms with E-state index in [1.54, 1.807) is 4.40 Å². The number of aromatic nitrogens is 3. The molecule has 3 aromatic carbocycles. The van der Waals surface area contributed by atoms with E-state index < -0.39 is 0 Å². The first-order valence-electron chi connectivity index (χ1n) is 8.25. The van der Waals surface area contributed by atoms with Gasteiger partial charge >= 0.3 is 5.69 Å². The molecule has 0 fully saturated rings. The largest absolute Gasteiger partial charge is 0.335 e. The van der Waals surface area contributed by atoms with Crippen LogP contribution in [0.15, 0.2) is 83.7 Å². The summed E-state index contributed by atoms with van der Waals surface area (Å²) in [6.07, 6.45) is 0. The zero-order chi connectivity index (χ0) is 16.8. The van der Waals surface area contributed by atoms with E-state index >= 15 is 0 Å². The highest BCUT2D eigenvalue weighted by Gasteiger charge is 2.14. The van der Waals surface area contributed by atoms with Crippen molar-refractivity contribution in [3.63, 3.8) is 0 Å². The standard InChI is InChI=1S/C21H15N3O/c25-21-23(14-15-8-2-1-3-9-15)18-12-6-4-10-16(18)20-22-17-11-5-7-13-19(17)24(20)21/h1-13H,14H2. The summed E-state index contributed by atoms with van der Waals surface area (Å²) >= 11 is 0. The van der Waals surface area contributed by atoms with E-state index in [0.717, 1.165) is 27.5 Å². The molecule has 5 rings (SSSR count). The predicted molar refractivity (Wildman–Crippen MR) is 100 cm³/mol. The van der Waals surface area contributed by atoms with Crippen LogP contribution in [0.5, 0.6) is 0 Å². The van der Waals surface area contributed by atoms with Crippen LogP contribution in [0.2, 0.25) is 0 Å². The fourth-order valence-electron chi connectivity index (χ4n) is 3.44. The second-order valence-corrected chi connectivity index (χ2v) is 6.13. The average Bonchev–Trinajstić information content (AvgIpc) is 3.06. The lowest BCUT2D eigenvalue weighted by molar-refractivity contribution is 0.752. The number of benzene rings is 3. The number of imidazole rings is 1. The molecule has 0 aliphatic rings. The Labute approximate surface area is 143 Å². The molecule has 0 aliphatic heterocycles. The second-order valence-electron chi connectivity index (χ2n) is 6.13. The van der Waals surface area contributed by atoms with E-state index in [4.69, 9.17) is 4.98 Å². The molecular weight excluding hydrogens is 310 g/mol. The Morgan fingerprint density at radius 1 is 0.760 bits per heavy atom. The molecule has 4 heteroatoms. The maximum absolute atomic E-state index is 13.3. The lowest BCUT2D eigenvalue weighted by atomic mass is 10.2. The highest BCUT2D eigenvalue weighted by molar-refractivity contribution is 5.96. The van der Waals surface area contributed by atoms with Gasteiger partial charge in [0.25, 0.3) is 0 Å². The topological polar surface area (TPSA) is 39.3 Å². The van der Waals surface area contributed by atoms with Gasteiger partial charge in [0.2, 0.25) is 0 Å². The van der Waals surface area contributed by atoms with Gasteiger partial charge in [-0.15, -0.1) is 0 Å². The summed E-state index contributed by atoms with van der Waals surface area (Å²) in [5.41, 5.74) is 4.33. The number of hydrogen-bond donors (Lipinski definition) is 0. The molecule has 0 amide bonds. The van der Waals surface area contributed by atoms with Gasteiger partial charge in [-0.2, -0.15) is 0 Å². The first kappa shape index (κ1) is 14.0. The Kier molecular flexibility index (Phi) is 2.97. The van der Waals surface area contributed by atoms with Crippen molar-refractivity contribution in [1.82, 2.24) is 14.0 Å². The second kappa shape index (κ2) is 5.31. The number of rotatable bonds is 2. The molecule has 0 saturated carbocycles. The minimum absolute atomic E-state index is 0.0637. The zero-order valence-corrected chi connectivity index (χ0v) is 13.5. The van der Waals surface area contributed by atoms with Gasteiger partial charge in [0, 0.05) is 5.39 Å². The van der Waals surface area contributed by atoms with Gasteiger partial charge in [-0.25, -0.2) is 14.2 Å². The number of para-hydroxylation sites is 3. The molecule has 2 aromatic heterocycles. The predicted octanol–water partition coefficient (Wildman–Crippen LogP) is 3.85. The monoisotopic (exact) mass is 325 g/mol. The quantitative estimate of drug-likeness (QED) is 0.494. The van der Waals surface area contributed by atoms with E-state index in [0.29, 0.717) is 12.2 Å². The Morgan fingerprint density at radius 2 is 1.44 bits per heavy atom. The van der Waals surface area contributed by atoms with Crippen LogP contribution in [0.3, 0.4) is 0 Å². The van der Waals surface area contributed by atoms with Crippen molar-refractivity contribution in [3.05, 3.63) is 94.9 Å². The van der Waals surface area contributed by atoms with Crippen LogP contribution >= 0.6 is 0 Å². The third-order valence-corrected chi connectivity index (χ3v) is 4.60. The molecule has 2 heterocycles. The molecule has 0 aliphatic carbocycles. The fourth-order valence-corrected chi connectivity index (χ4v) is 3.44. The average molecular weight is 325 g/mol. The van der Waals surface area contributed by atoms with E-state index in [1.165, 1.54) is 0 Å². The number of hydrogen-bond acceptors (Lipinski definition) is 2. The van der Waals surface area contributed by atoms with Crippen LogP contribution in [0, 0.1) is 0 Å². The molecule has 0 radical (unpaired) electrons. The van der Waals surface area contributed by atoms with Crippen LogP contribution in [0.25, 0.3) is 27.6 Å². The number of fused-ring (bicyclic) bond motifs is 5. The van der Waals surface area contributed by atoms with Gasteiger partial charge in [-0.05, 0) is 29.8 Å². The molecule has 5 aromatic rings. The molecule has 0 N–H and O–H groups in total. The molecule has 4 nitrogen and oxygen atoms in total. The molecule has 0 spiro atoms. The van der Waals surface area contributed by atoms with Crippen molar-refractivity contribution < 1.29 is 0 Å². The van der Waals surface area contributed by atoms with Crippen molar-refractivity contribution in [2.24, 2.45) is 0 Å². The Morgan fingerprint density at radius 3 is 2.28 bits per heavy atom. The summed E-state index contributed by atoms with van der Waals surface area (Å²) in [5.74, 6) is 0. The molecule has 0 unspecified atom stereocenters. The first-order valence-corrected chi connectivity index (χ1v) is 8.25. The smallest absolute Gasteiger partial charge is 0.289 e. The normalized spacial score (nSPS) is 11.5. The lowest BCUT2D eigenvalue weighted by Crippen LogP contribution is -2.27. The van der Waals surface area contributed by atoms with E-state index in [1.807, 2.05) is 83.4 Å². The van der Waals surface area contributed by atoms with Crippen LogP contribution in [0.4, 0.5) is 0 Å². The molecule has 0 atom stereocenters. The summed E-state index contributed by atoms with van der Waals surface area (Å²) in [6.45, 7) is 0.530. The Balaban J connectivity index is 1.94. The highest BCUT2D eigenvalue weighted by Crippen LogP contribution is 2.22. The summed E-state index contributed by atoms with van der Waals surface area (Å²) < 4.78 is 3.55. The highest BCUT2D eigenvalue weighted by atomic mass is 16.1. The minimum atomic E-state index is -0.0637. The van der Waals surface area contributed by atoms with Crippen LogP contribution in [-0.4, -0.2) is 14.0 Å². The molecule has 120 valence electrons. The van der Waals surface area contributed by atoms with E-state index in [-0.39, 0.29) is 5.69 Å². The van der Waals surface area contributed by atoms with Crippen LogP contribution in [-0.2, 0) is 6.54 Å². The summed E-state index contributed by atoms with van der Waals surface area (Å²) in [6, 6.07) is 25.8. The van der Waals surface area contributed by atoms with Gasteiger partial charge in [-0.1, -0.05) is 54.6 Å². The van der Waals surface area contributed by atoms with Crippen LogP contribution < -0.4 is 5.69 Å². The Hall–Kier alpha value is -3.40. The summed E-state index contributed by atoms with van der Waals surface area (Å²) in [5, 5.41) is 0.981. The maximum atomic E-state index is 13.3. The van der Waals surface area contributed by atoms with Crippen molar-refractivity contribution in [3.8, 4) is 0 Å². The van der Waals surface area contributed by atoms with Crippen LogP contribution in [0.1, 0.15) is 5.56 Å². The zero-order valence-electron chi connectivity index (χ0n) is 13.5. The molecule has 0 saturated heterocycles. The minimum Gasteiger partial charge on any atom is -0.289 e. The van der Waals surface area contributed by atoms with E-state index in [2.05, 4.69) is 0 Å².